The van der Waals surface area contributed by atoms with Crippen LogP contribution in [0.5, 0.6) is 0 Å². The summed E-state index contributed by atoms with van der Waals surface area (Å²) in [4.78, 5) is 40.3. The van der Waals surface area contributed by atoms with E-state index in [4.69, 9.17) is 4.74 Å². The number of benzene rings is 2. The first-order chi connectivity index (χ1) is 18.9. The summed E-state index contributed by atoms with van der Waals surface area (Å²) in [5.41, 5.74) is 3.05. The van der Waals surface area contributed by atoms with Crippen LogP contribution in [0.3, 0.4) is 0 Å². The maximum atomic E-state index is 14.0. The van der Waals surface area contributed by atoms with Gasteiger partial charge in [-0.3, -0.25) is 9.59 Å². The third-order valence-electron chi connectivity index (χ3n) is 7.93. The number of hydrogen-bond donors (Lipinski definition) is 2. The molecule has 1 aliphatic carbocycles. The summed E-state index contributed by atoms with van der Waals surface area (Å²) in [7, 11) is 0. The lowest BCUT2D eigenvalue weighted by Gasteiger charge is -2.26. The van der Waals surface area contributed by atoms with Gasteiger partial charge in [-0.2, -0.15) is 0 Å². The van der Waals surface area contributed by atoms with Gasteiger partial charge in [-0.1, -0.05) is 66.2 Å². The van der Waals surface area contributed by atoms with Crippen molar-refractivity contribution in [3.05, 3.63) is 58.1 Å². The molecule has 212 valence electrons. The van der Waals surface area contributed by atoms with Crippen molar-refractivity contribution in [1.82, 2.24) is 0 Å². The molecule has 6 nitrogen and oxygen atoms in total. The van der Waals surface area contributed by atoms with E-state index in [-0.39, 0.29) is 29.3 Å². The molecule has 0 bridgehead atoms. The summed E-state index contributed by atoms with van der Waals surface area (Å²) >= 11 is 0. The average Bonchev–Trinajstić information content (AvgIpc) is 2.96. The predicted octanol–water partition coefficient (Wildman–Crippen LogP) is 7.90. The molecular formula is C33H46N2O4. The van der Waals surface area contributed by atoms with Crippen molar-refractivity contribution in [3.8, 4) is 0 Å². The van der Waals surface area contributed by atoms with Crippen molar-refractivity contribution >= 4 is 28.9 Å². The standard InChI is InChI=1S/C33H46N2O4/c1-6-11-13-22(8-3)20-34-27-17-18-28(35-21-23(9-4)14-12-7-2)30-29(27)31(36)25-16-15-24(33(38)39-10-5)19-26(25)32(30)37/h15-19,22-23,34-35H,6-14,20-21H2,1-5H3. The molecule has 2 atom stereocenters. The van der Waals surface area contributed by atoms with Gasteiger partial charge in [-0.05, 0) is 61.9 Å². The van der Waals surface area contributed by atoms with E-state index in [1.54, 1.807) is 19.1 Å². The summed E-state index contributed by atoms with van der Waals surface area (Å²) in [6.07, 6.45) is 8.99. The highest BCUT2D eigenvalue weighted by atomic mass is 16.5. The highest BCUT2D eigenvalue weighted by molar-refractivity contribution is 6.32. The smallest absolute Gasteiger partial charge is 0.338 e. The zero-order chi connectivity index (χ0) is 28.4. The summed E-state index contributed by atoms with van der Waals surface area (Å²) in [5.74, 6) is 0.0484. The zero-order valence-electron chi connectivity index (χ0n) is 24.5. The van der Waals surface area contributed by atoms with E-state index in [1.807, 2.05) is 12.1 Å². The molecule has 0 aliphatic heterocycles. The molecule has 0 saturated heterocycles. The number of carbonyl (C=O) groups is 3. The van der Waals surface area contributed by atoms with Crippen molar-refractivity contribution in [2.24, 2.45) is 11.8 Å². The van der Waals surface area contributed by atoms with Crippen molar-refractivity contribution < 1.29 is 19.1 Å². The molecular weight excluding hydrogens is 488 g/mol. The third-order valence-corrected chi connectivity index (χ3v) is 7.93. The largest absolute Gasteiger partial charge is 0.462 e. The minimum Gasteiger partial charge on any atom is -0.462 e. The van der Waals surface area contributed by atoms with Crippen LogP contribution < -0.4 is 10.6 Å². The Bertz CT molecular complexity index is 1160. The van der Waals surface area contributed by atoms with Gasteiger partial charge in [0.15, 0.2) is 11.6 Å². The van der Waals surface area contributed by atoms with Gasteiger partial charge in [0.2, 0.25) is 0 Å². The molecule has 39 heavy (non-hydrogen) atoms. The second-order valence-electron chi connectivity index (χ2n) is 10.6. The lowest BCUT2D eigenvalue weighted by Crippen LogP contribution is -2.26. The fraction of sp³-hybridized carbons (Fsp3) is 0.545. The van der Waals surface area contributed by atoms with E-state index in [9.17, 15) is 14.4 Å². The number of nitrogens with one attached hydrogen (secondary N) is 2. The molecule has 0 spiro atoms. The fourth-order valence-corrected chi connectivity index (χ4v) is 5.31. The first-order valence-electron chi connectivity index (χ1n) is 14.9. The van der Waals surface area contributed by atoms with Crippen LogP contribution in [0, 0.1) is 11.8 Å². The molecule has 0 amide bonds. The summed E-state index contributed by atoms with van der Waals surface area (Å²) in [6, 6.07) is 8.52. The van der Waals surface area contributed by atoms with E-state index in [0.29, 0.717) is 39.9 Å². The Hall–Kier alpha value is -3.15. The molecule has 6 heteroatoms. The normalized spacial score (nSPS) is 13.9. The molecule has 0 fully saturated rings. The van der Waals surface area contributed by atoms with Crippen LogP contribution >= 0.6 is 0 Å². The van der Waals surface area contributed by atoms with Crippen LogP contribution in [0.15, 0.2) is 30.3 Å². The Morgan fingerprint density at radius 1 is 0.744 bits per heavy atom. The second kappa shape index (κ2) is 14.9. The Kier molecular flexibility index (Phi) is 11.6. The number of esters is 1. The van der Waals surface area contributed by atoms with Gasteiger partial charge in [0.1, 0.15) is 0 Å². The Balaban J connectivity index is 2.02. The first-order valence-corrected chi connectivity index (χ1v) is 14.9. The van der Waals surface area contributed by atoms with E-state index < -0.39 is 5.97 Å². The van der Waals surface area contributed by atoms with Crippen molar-refractivity contribution in [2.45, 2.75) is 86.0 Å². The number of anilines is 2. The van der Waals surface area contributed by atoms with E-state index >= 15 is 0 Å². The maximum Gasteiger partial charge on any atom is 0.338 e. The highest BCUT2D eigenvalue weighted by Crippen LogP contribution is 2.37. The SMILES string of the molecule is CCCCC(CC)CNc1ccc(NCC(CC)CCCC)c2c1C(=O)c1ccc(C(=O)OCC)cc1C2=O. The minimum atomic E-state index is -0.500. The summed E-state index contributed by atoms with van der Waals surface area (Å²) < 4.78 is 5.14. The minimum absolute atomic E-state index is 0.194. The Morgan fingerprint density at radius 2 is 1.26 bits per heavy atom. The van der Waals surface area contributed by atoms with Crippen LogP contribution in [-0.2, 0) is 4.74 Å². The van der Waals surface area contributed by atoms with Gasteiger partial charge in [0.25, 0.3) is 0 Å². The average molecular weight is 535 g/mol. The quantitative estimate of drug-likeness (QED) is 0.182. The summed E-state index contributed by atoms with van der Waals surface area (Å²) in [5, 5.41) is 7.03. The lowest BCUT2D eigenvalue weighted by atomic mass is 9.81. The molecule has 0 saturated carbocycles. The van der Waals surface area contributed by atoms with E-state index in [1.165, 1.54) is 18.9 Å². The van der Waals surface area contributed by atoms with Crippen LogP contribution in [0.1, 0.15) is 128 Å². The molecule has 0 heterocycles. The van der Waals surface area contributed by atoms with Gasteiger partial charge < -0.3 is 15.4 Å². The number of ether oxygens (including phenoxy) is 1. The molecule has 3 rings (SSSR count). The third kappa shape index (κ3) is 7.28. The van der Waals surface area contributed by atoms with Crippen LogP contribution in [-0.4, -0.2) is 37.2 Å². The number of carbonyl (C=O) groups excluding carboxylic acids is 3. The van der Waals surface area contributed by atoms with E-state index in [2.05, 4.69) is 38.3 Å². The van der Waals surface area contributed by atoms with Crippen molar-refractivity contribution in [2.75, 3.05) is 30.3 Å². The molecule has 2 unspecified atom stereocenters. The van der Waals surface area contributed by atoms with Gasteiger partial charge in [0.05, 0.1) is 23.3 Å². The van der Waals surface area contributed by atoms with E-state index in [0.717, 1.165) is 51.6 Å². The predicted molar refractivity (Wildman–Crippen MR) is 159 cm³/mol. The van der Waals surface area contributed by atoms with Crippen LogP contribution in [0.2, 0.25) is 0 Å². The van der Waals surface area contributed by atoms with Crippen molar-refractivity contribution in [1.29, 1.82) is 0 Å². The topological polar surface area (TPSA) is 84.5 Å². The van der Waals surface area contributed by atoms with Gasteiger partial charge in [-0.15, -0.1) is 0 Å². The number of unbranched alkanes of at least 4 members (excludes halogenated alkanes) is 2. The van der Waals surface area contributed by atoms with Crippen LogP contribution in [0.25, 0.3) is 0 Å². The fourth-order valence-electron chi connectivity index (χ4n) is 5.31. The molecule has 1 aliphatic rings. The summed E-state index contributed by atoms with van der Waals surface area (Å²) in [6.45, 7) is 12.2. The molecule has 2 aromatic carbocycles. The first kappa shape index (κ1) is 30.4. The maximum absolute atomic E-state index is 14.0. The highest BCUT2D eigenvalue weighted by Gasteiger charge is 2.35. The molecule has 2 aromatic rings. The zero-order valence-corrected chi connectivity index (χ0v) is 24.5. The van der Waals surface area contributed by atoms with Gasteiger partial charge in [0, 0.05) is 35.6 Å². The van der Waals surface area contributed by atoms with Crippen LogP contribution in [0.4, 0.5) is 11.4 Å². The Morgan fingerprint density at radius 3 is 1.72 bits per heavy atom. The Labute approximate surface area is 234 Å². The number of rotatable bonds is 16. The molecule has 0 radical (unpaired) electrons. The van der Waals surface area contributed by atoms with Gasteiger partial charge >= 0.3 is 5.97 Å². The molecule has 2 N–H and O–H groups in total. The van der Waals surface area contributed by atoms with Gasteiger partial charge in [-0.25, -0.2) is 4.79 Å². The second-order valence-corrected chi connectivity index (χ2v) is 10.6. The molecule has 0 aromatic heterocycles. The lowest BCUT2D eigenvalue weighted by molar-refractivity contribution is 0.0526. The monoisotopic (exact) mass is 534 g/mol. The van der Waals surface area contributed by atoms with Crippen molar-refractivity contribution in [3.63, 3.8) is 0 Å². The number of hydrogen-bond acceptors (Lipinski definition) is 6. The number of ketones is 2. The number of fused-ring (bicyclic) bond motifs is 2.